The molecule has 8 nitrogen and oxygen atoms in total. The summed E-state index contributed by atoms with van der Waals surface area (Å²) in [5, 5.41) is 9.39. The van der Waals surface area contributed by atoms with Crippen LogP contribution in [0, 0.1) is 11.6 Å². The second-order valence-electron chi connectivity index (χ2n) is 12.9. The lowest BCUT2D eigenvalue weighted by Gasteiger charge is -2.47. The van der Waals surface area contributed by atoms with Crippen LogP contribution in [0.3, 0.4) is 0 Å². The standard InChI is InChI=1S/C33H31F2N5O3/c34-21-13-25-23(26(35)14-21)7-10-33(25)18-37-32(8-1-2-9-32)30(43)40(33)17-27(41)38-22-6-5-19-15-31(16-20(19)12-22)24-4-3-11-36-28(24)39-29(31)42/h3-6,11-14,37H,1-2,7-10,15-18H2,(H,38,41)(H,36,39,42)/p+1. The summed E-state index contributed by atoms with van der Waals surface area (Å²) in [6.45, 7) is 0.221. The summed E-state index contributed by atoms with van der Waals surface area (Å²) in [6, 6.07) is 11.7. The van der Waals surface area contributed by atoms with Crippen LogP contribution in [-0.2, 0) is 44.6 Å². The SMILES string of the molecule is O=C(C[NH+]1C(=O)C2(CCCC2)NCC12CCc1c(F)cc(F)cc12)Nc1ccc2c(c1)CC1(C2)C(=O)Nc2ncccc21. The number of quaternary nitrogens is 1. The number of carbonyl (C=O) groups excluding carboxylic acids is 3. The highest BCUT2D eigenvalue weighted by Crippen LogP contribution is 2.47. The van der Waals surface area contributed by atoms with Crippen LogP contribution < -0.4 is 20.9 Å². The average molecular weight is 585 g/mol. The van der Waals surface area contributed by atoms with Gasteiger partial charge in [0.1, 0.15) is 28.5 Å². The van der Waals surface area contributed by atoms with Gasteiger partial charge in [0, 0.05) is 35.5 Å². The first-order valence-electron chi connectivity index (χ1n) is 15.1. The minimum Gasteiger partial charge on any atom is -0.321 e. The Morgan fingerprint density at radius 3 is 2.65 bits per heavy atom. The van der Waals surface area contributed by atoms with Crippen molar-refractivity contribution in [3.05, 3.63) is 88.1 Å². The van der Waals surface area contributed by atoms with Crippen LogP contribution in [0.25, 0.3) is 0 Å². The van der Waals surface area contributed by atoms with Crippen molar-refractivity contribution >= 4 is 29.2 Å². The van der Waals surface area contributed by atoms with Crippen molar-refractivity contribution in [2.45, 2.75) is 67.9 Å². The molecule has 4 N–H and O–H groups in total. The molecule has 8 rings (SSSR count). The van der Waals surface area contributed by atoms with Crippen LogP contribution in [0.5, 0.6) is 0 Å². The molecule has 10 heteroatoms. The van der Waals surface area contributed by atoms with Gasteiger partial charge >= 0.3 is 5.91 Å². The van der Waals surface area contributed by atoms with Gasteiger partial charge in [0.25, 0.3) is 5.91 Å². The van der Waals surface area contributed by atoms with Crippen molar-refractivity contribution in [2.75, 3.05) is 23.7 Å². The Morgan fingerprint density at radius 1 is 1.00 bits per heavy atom. The van der Waals surface area contributed by atoms with Crippen LogP contribution in [-0.4, -0.2) is 41.3 Å². The summed E-state index contributed by atoms with van der Waals surface area (Å²) in [5.74, 6) is -1.20. The van der Waals surface area contributed by atoms with Crippen molar-refractivity contribution in [1.82, 2.24) is 10.3 Å². The fraction of sp³-hybridized carbons (Fsp3) is 0.394. The average Bonchev–Trinajstić information content (AvgIpc) is 3.75. The molecule has 1 aromatic heterocycles. The predicted octanol–water partition coefficient (Wildman–Crippen LogP) is 2.46. The quantitative estimate of drug-likeness (QED) is 0.379. The van der Waals surface area contributed by atoms with E-state index in [2.05, 4.69) is 20.9 Å². The summed E-state index contributed by atoms with van der Waals surface area (Å²) in [5.41, 5.74) is 2.04. The highest BCUT2D eigenvalue weighted by Gasteiger charge is 2.62. The Bertz CT molecular complexity index is 1740. The number of hydrogen-bond acceptors (Lipinski definition) is 5. The number of pyridine rings is 1. The second-order valence-corrected chi connectivity index (χ2v) is 12.9. The first kappa shape index (κ1) is 26.6. The van der Waals surface area contributed by atoms with Crippen molar-refractivity contribution in [2.24, 2.45) is 0 Å². The summed E-state index contributed by atoms with van der Waals surface area (Å²) in [7, 11) is 0. The monoisotopic (exact) mass is 584 g/mol. The Hall–Kier alpha value is -4.02. The molecule has 1 saturated heterocycles. The summed E-state index contributed by atoms with van der Waals surface area (Å²) < 4.78 is 29.3. The maximum Gasteiger partial charge on any atom is 0.333 e. The molecule has 2 fully saturated rings. The molecule has 3 unspecified atom stereocenters. The lowest BCUT2D eigenvalue weighted by atomic mass is 9.79. The van der Waals surface area contributed by atoms with E-state index in [1.54, 1.807) is 6.20 Å². The number of fused-ring (bicyclic) bond motifs is 5. The van der Waals surface area contributed by atoms with Gasteiger partial charge in [0.15, 0.2) is 6.54 Å². The minimum atomic E-state index is -0.928. The number of anilines is 2. The number of nitrogens with one attached hydrogen (secondary N) is 4. The smallest absolute Gasteiger partial charge is 0.321 e. The van der Waals surface area contributed by atoms with Gasteiger partial charge in [-0.2, -0.15) is 0 Å². The van der Waals surface area contributed by atoms with Gasteiger partial charge < -0.3 is 10.6 Å². The van der Waals surface area contributed by atoms with Gasteiger partial charge in [0.05, 0.1) is 12.0 Å². The molecule has 5 aliphatic rings. The van der Waals surface area contributed by atoms with Gasteiger partial charge in [0.2, 0.25) is 5.91 Å². The highest BCUT2D eigenvalue weighted by atomic mass is 19.1. The zero-order valence-electron chi connectivity index (χ0n) is 23.6. The number of hydrogen-bond donors (Lipinski definition) is 4. The fourth-order valence-electron chi connectivity index (χ4n) is 8.61. The summed E-state index contributed by atoms with van der Waals surface area (Å²) in [6.07, 6.45) is 6.75. The lowest BCUT2D eigenvalue weighted by molar-refractivity contribution is -0.884. The predicted molar refractivity (Wildman–Crippen MR) is 153 cm³/mol. The molecule has 3 spiro atoms. The molecule has 2 aromatic carbocycles. The minimum absolute atomic E-state index is 0.0698. The third kappa shape index (κ3) is 3.78. The van der Waals surface area contributed by atoms with Gasteiger partial charge in [-0.05, 0) is 73.1 Å². The van der Waals surface area contributed by atoms with Gasteiger partial charge in [-0.3, -0.25) is 19.8 Å². The Morgan fingerprint density at radius 2 is 1.81 bits per heavy atom. The fourth-order valence-corrected chi connectivity index (χ4v) is 8.61. The number of benzene rings is 2. The Kier molecular flexibility index (Phi) is 5.71. The van der Waals surface area contributed by atoms with E-state index in [0.29, 0.717) is 72.6 Å². The molecule has 0 radical (unpaired) electrons. The number of halogens is 2. The molecule has 1 saturated carbocycles. The number of aromatic nitrogens is 1. The van der Waals surface area contributed by atoms with Crippen molar-refractivity contribution in [3.8, 4) is 0 Å². The highest BCUT2D eigenvalue weighted by molar-refractivity contribution is 6.06. The number of amides is 3. The Balaban J connectivity index is 1.08. The number of carbonyl (C=O) groups is 3. The van der Waals surface area contributed by atoms with E-state index in [4.69, 9.17) is 0 Å². The normalized spacial score (nSPS) is 27.9. The third-order valence-electron chi connectivity index (χ3n) is 10.8. The zero-order valence-corrected chi connectivity index (χ0v) is 23.6. The molecule has 43 heavy (non-hydrogen) atoms. The third-order valence-corrected chi connectivity index (χ3v) is 10.8. The topological polar surface area (TPSA) is 105 Å². The maximum atomic E-state index is 14.8. The molecule has 3 amide bonds. The van der Waals surface area contributed by atoms with Crippen LogP contribution >= 0.6 is 0 Å². The molecule has 3 aromatic rings. The van der Waals surface area contributed by atoms with E-state index in [9.17, 15) is 23.2 Å². The van der Waals surface area contributed by atoms with E-state index >= 15 is 0 Å². The van der Waals surface area contributed by atoms with Crippen molar-refractivity contribution in [1.29, 1.82) is 0 Å². The molecule has 0 bridgehead atoms. The maximum absolute atomic E-state index is 14.8. The summed E-state index contributed by atoms with van der Waals surface area (Å²) >= 11 is 0. The lowest BCUT2D eigenvalue weighted by Crippen LogP contribution is -3.26. The first-order valence-corrected chi connectivity index (χ1v) is 15.1. The summed E-state index contributed by atoms with van der Waals surface area (Å²) in [4.78, 5) is 45.7. The zero-order chi connectivity index (χ0) is 29.6. The number of rotatable bonds is 3. The van der Waals surface area contributed by atoms with Crippen LogP contribution in [0.15, 0.2) is 48.7 Å². The van der Waals surface area contributed by atoms with Crippen LogP contribution in [0.4, 0.5) is 20.3 Å². The van der Waals surface area contributed by atoms with Gasteiger partial charge in [-0.15, -0.1) is 0 Å². The Labute approximate surface area is 247 Å². The molecular weight excluding hydrogens is 552 g/mol. The molecule has 2 aliphatic heterocycles. The van der Waals surface area contributed by atoms with Crippen molar-refractivity contribution < 1.29 is 28.1 Å². The van der Waals surface area contributed by atoms with E-state index in [-0.39, 0.29) is 24.3 Å². The van der Waals surface area contributed by atoms with E-state index in [1.807, 2.05) is 30.3 Å². The van der Waals surface area contributed by atoms with Crippen LogP contribution in [0.2, 0.25) is 0 Å². The first-order chi connectivity index (χ1) is 20.7. The van der Waals surface area contributed by atoms with E-state index < -0.39 is 28.1 Å². The van der Waals surface area contributed by atoms with Gasteiger partial charge in [-0.1, -0.05) is 25.0 Å². The van der Waals surface area contributed by atoms with Gasteiger partial charge in [-0.25, -0.2) is 18.6 Å². The molecule has 3 aliphatic carbocycles. The van der Waals surface area contributed by atoms with E-state index in [1.165, 1.54) is 6.07 Å². The number of nitrogens with zero attached hydrogens (tertiary/aromatic N) is 1. The molecule has 220 valence electrons. The second kappa shape index (κ2) is 9.24. The molecule has 3 heterocycles. The molecular formula is C33H32F2N5O3+. The molecule has 3 atom stereocenters. The van der Waals surface area contributed by atoms with Crippen molar-refractivity contribution in [3.63, 3.8) is 0 Å². The van der Waals surface area contributed by atoms with E-state index in [0.717, 1.165) is 35.6 Å². The number of piperazine rings is 1. The largest absolute Gasteiger partial charge is 0.333 e. The van der Waals surface area contributed by atoms with Crippen LogP contribution in [0.1, 0.15) is 59.9 Å².